The third kappa shape index (κ3) is 302. The summed E-state index contributed by atoms with van der Waals surface area (Å²) < 4.78 is 31.6. The van der Waals surface area contributed by atoms with E-state index in [0.717, 1.165) is 0 Å². The van der Waals surface area contributed by atoms with Crippen LogP contribution in [0.4, 0.5) is 0 Å². The Morgan fingerprint density at radius 2 is 1.17 bits per heavy atom. The molecular formula is H6GeO4S. The summed E-state index contributed by atoms with van der Waals surface area (Å²) in [4.78, 5) is 0. The first-order chi connectivity index (χ1) is 2.00. The fourth-order valence-electron chi connectivity index (χ4n) is 0. The van der Waals surface area contributed by atoms with Crippen molar-refractivity contribution < 1.29 is 17.5 Å². The second-order valence-electron chi connectivity index (χ2n) is 0.448. The predicted molar refractivity (Wildman–Crippen MR) is 25.5 cm³/mol. The molecule has 0 aromatic heterocycles. The molecule has 0 aliphatic rings. The van der Waals surface area contributed by atoms with Crippen LogP contribution >= 0.6 is 0 Å². The Labute approximate surface area is 46.1 Å². The Hall–Kier alpha value is 0.413. The standard InChI is InChI=1S/GeH4.H2O4S/c;1-5(2,3)4/h1H4;(H2,1,2,3,4). The van der Waals surface area contributed by atoms with Crippen LogP contribution in [-0.2, 0) is 10.4 Å². The van der Waals surface area contributed by atoms with E-state index < -0.39 is 10.4 Å². The van der Waals surface area contributed by atoms with Crippen LogP contribution in [0.1, 0.15) is 0 Å². The Bertz CT molecular complexity index is 90.7. The summed E-state index contributed by atoms with van der Waals surface area (Å²) in [7, 11) is -4.67. The Kier molecular flexibility index (Phi) is 4.12. The molecule has 0 aromatic rings. The van der Waals surface area contributed by atoms with Crippen molar-refractivity contribution >= 4 is 28.0 Å². The van der Waals surface area contributed by atoms with Crippen LogP contribution in [-0.4, -0.2) is 35.1 Å². The molecule has 0 saturated carbocycles. The van der Waals surface area contributed by atoms with E-state index in [2.05, 4.69) is 0 Å². The van der Waals surface area contributed by atoms with Gasteiger partial charge < -0.3 is 0 Å². The molecule has 0 saturated heterocycles. The maximum atomic E-state index is 8.74. The number of hydrogen-bond donors (Lipinski definition) is 2. The van der Waals surface area contributed by atoms with Crippen molar-refractivity contribution in [1.82, 2.24) is 0 Å². The van der Waals surface area contributed by atoms with E-state index in [9.17, 15) is 0 Å². The summed E-state index contributed by atoms with van der Waals surface area (Å²) in [6, 6.07) is 0. The van der Waals surface area contributed by atoms with Gasteiger partial charge in [-0.05, 0) is 0 Å². The zero-order valence-electron chi connectivity index (χ0n) is 2.12. The van der Waals surface area contributed by atoms with Crippen molar-refractivity contribution in [3.05, 3.63) is 0 Å². The van der Waals surface area contributed by atoms with Gasteiger partial charge >= 0.3 is 28.0 Å². The third-order valence-corrected chi connectivity index (χ3v) is 0. The van der Waals surface area contributed by atoms with Gasteiger partial charge in [-0.2, -0.15) is 8.42 Å². The van der Waals surface area contributed by atoms with Gasteiger partial charge in [-0.3, -0.25) is 9.11 Å². The molecule has 0 aliphatic heterocycles. The van der Waals surface area contributed by atoms with E-state index in [-0.39, 0.29) is 17.6 Å². The Morgan fingerprint density at radius 3 is 1.17 bits per heavy atom. The summed E-state index contributed by atoms with van der Waals surface area (Å²) in [5.41, 5.74) is 0. The van der Waals surface area contributed by atoms with Crippen LogP contribution in [0, 0.1) is 0 Å². The third-order valence-electron chi connectivity index (χ3n) is 0. The van der Waals surface area contributed by atoms with Gasteiger partial charge in [0.25, 0.3) is 0 Å². The molecule has 0 fully saturated rings. The van der Waals surface area contributed by atoms with E-state index in [4.69, 9.17) is 17.5 Å². The molecule has 40 valence electrons. The molecule has 0 aliphatic carbocycles. The summed E-state index contributed by atoms with van der Waals surface area (Å²) >= 11 is 0. The maximum absolute atomic E-state index is 8.74. The fraction of sp³-hybridized carbons (Fsp3) is 0. The fourth-order valence-corrected chi connectivity index (χ4v) is 0. The molecule has 4 nitrogen and oxygen atoms in total. The Balaban J connectivity index is 0. The van der Waals surface area contributed by atoms with E-state index in [0.29, 0.717) is 0 Å². The molecule has 0 atom stereocenters. The van der Waals surface area contributed by atoms with Crippen LogP contribution in [0.25, 0.3) is 0 Å². The second kappa shape index (κ2) is 2.56. The first-order valence-electron chi connectivity index (χ1n) is 0.698. The van der Waals surface area contributed by atoms with Gasteiger partial charge in [0.05, 0.1) is 0 Å². The molecule has 0 rings (SSSR count). The van der Waals surface area contributed by atoms with Gasteiger partial charge in [-0.25, -0.2) is 0 Å². The van der Waals surface area contributed by atoms with E-state index in [1.165, 1.54) is 0 Å². The van der Waals surface area contributed by atoms with Gasteiger partial charge in [0.2, 0.25) is 0 Å². The van der Waals surface area contributed by atoms with Gasteiger partial charge in [0, 0.05) is 0 Å². The Morgan fingerprint density at radius 1 is 1.17 bits per heavy atom. The summed E-state index contributed by atoms with van der Waals surface area (Å²) in [6.07, 6.45) is 0. The van der Waals surface area contributed by atoms with Crippen molar-refractivity contribution in [3.63, 3.8) is 0 Å². The van der Waals surface area contributed by atoms with Crippen LogP contribution in [0.2, 0.25) is 0 Å². The van der Waals surface area contributed by atoms with Crippen molar-refractivity contribution in [2.45, 2.75) is 0 Å². The molecular weight excluding hydrogens is 169 g/mol. The molecule has 0 spiro atoms. The SMILES string of the molecule is O=S(=O)(O)O.[GeH4]. The van der Waals surface area contributed by atoms with Crippen LogP contribution in [0.15, 0.2) is 0 Å². The monoisotopic (exact) mass is 176 g/mol. The number of rotatable bonds is 0. The van der Waals surface area contributed by atoms with Crippen molar-refractivity contribution in [2.75, 3.05) is 0 Å². The minimum atomic E-state index is -4.67. The molecule has 2 N–H and O–H groups in total. The van der Waals surface area contributed by atoms with Crippen LogP contribution < -0.4 is 0 Å². The van der Waals surface area contributed by atoms with Gasteiger partial charge in [0.15, 0.2) is 0 Å². The van der Waals surface area contributed by atoms with Crippen molar-refractivity contribution in [2.24, 2.45) is 0 Å². The molecule has 0 aromatic carbocycles. The van der Waals surface area contributed by atoms with E-state index in [1.54, 1.807) is 0 Å². The molecule has 6 heteroatoms. The zero-order chi connectivity index (χ0) is 4.50. The topological polar surface area (TPSA) is 74.6 Å². The number of hydrogen-bond acceptors (Lipinski definition) is 2. The summed E-state index contributed by atoms with van der Waals surface area (Å²) in [6.45, 7) is 0. The van der Waals surface area contributed by atoms with Gasteiger partial charge in [-0.1, -0.05) is 0 Å². The van der Waals surface area contributed by atoms with Gasteiger partial charge in [0.1, 0.15) is 0 Å². The molecule has 0 unspecified atom stereocenters. The van der Waals surface area contributed by atoms with Crippen molar-refractivity contribution in [1.29, 1.82) is 0 Å². The predicted octanol–water partition coefficient (Wildman–Crippen LogP) is -2.10. The van der Waals surface area contributed by atoms with Gasteiger partial charge in [-0.15, -0.1) is 0 Å². The van der Waals surface area contributed by atoms with E-state index >= 15 is 0 Å². The van der Waals surface area contributed by atoms with Crippen LogP contribution in [0.5, 0.6) is 0 Å². The molecule has 6 heavy (non-hydrogen) atoms. The summed E-state index contributed by atoms with van der Waals surface area (Å²) in [5.74, 6) is 0. The van der Waals surface area contributed by atoms with Crippen molar-refractivity contribution in [3.8, 4) is 0 Å². The molecule has 0 heterocycles. The normalized spacial score (nSPS) is 9.67. The quantitative estimate of drug-likeness (QED) is 0.326. The zero-order valence-corrected chi connectivity index (χ0v) is 2.94. The molecule has 0 radical (unpaired) electrons. The average Bonchev–Trinajstić information content (AvgIpc) is 0.722. The van der Waals surface area contributed by atoms with Crippen LogP contribution in [0.3, 0.4) is 0 Å². The second-order valence-corrected chi connectivity index (χ2v) is 1.34. The first-order valence-corrected chi connectivity index (χ1v) is 2.10. The minimum absolute atomic E-state index is 0. The summed E-state index contributed by atoms with van der Waals surface area (Å²) in [5, 5.41) is 0. The molecule has 0 amide bonds. The average molecular weight is 175 g/mol. The molecule has 0 bridgehead atoms. The van der Waals surface area contributed by atoms with E-state index in [1.807, 2.05) is 0 Å². The first kappa shape index (κ1) is 9.65.